The van der Waals surface area contributed by atoms with E-state index in [1.807, 2.05) is 32.0 Å². The zero-order valence-electron chi connectivity index (χ0n) is 13.9. The molecule has 2 heterocycles. The number of aryl methyl sites for hydroxylation is 2. The van der Waals surface area contributed by atoms with E-state index in [-0.39, 0.29) is 5.95 Å². The molecule has 24 heavy (non-hydrogen) atoms. The van der Waals surface area contributed by atoms with Crippen LogP contribution in [0.25, 0.3) is 11.0 Å². The first-order valence-electron chi connectivity index (χ1n) is 7.55. The summed E-state index contributed by atoms with van der Waals surface area (Å²) in [6.07, 6.45) is 1.79. The molecule has 3 rings (SSSR count). The molecule has 0 aliphatic carbocycles. The Bertz CT molecular complexity index is 909. The molecule has 7 heteroatoms. The van der Waals surface area contributed by atoms with Crippen LogP contribution in [0.3, 0.4) is 0 Å². The van der Waals surface area contributed by atoms with Crippen molar-refractivity contribution in [2.24, 2.45) is 0 Å². The van der Waals surface area contributed by atoms with Crippen molar-refractivity contribution in [3.8, 4) is 5.75 Å². The molecule has 0 aliphatic rings. The van der Waals surface area contributed by atoms with E-state index in [4.69, 9.17) is 16.2 Å². The summed E-state index contributed by atoms with van der Waals surface area (Å²) >= 11 is 0. The minimum absolute atomic E-state index is 0.131. The summed E-state index contributed by atoms with van der Waals surface area (Å²) in [5.74, 6) is 1.32. The summed E-state index contributed by atoms with van der Waals surface area (Å²) in [6.45, 7) is 4.63. The number of nitrogen functional groups attached to an aromatic ring is 2. The van der Waals surface area contributed by atoms with Gasteiger partial charge in [-0.15, -0.1) is 0 Å². The number of hydrogen-bond donors (Lipinski definition) is 3. The van der Waals surface area contributed by atoms with Crippen molar-refractivity contribution in [1.29, 1.82) is 0 Å². The first-order valence-corrected chi connectivity index (χ1v) is 7.55. The van der Waals surface area contributed by atoms with E-state index in [0.717, 1.165) is 33.5 Å². The molecule has 5 N–H and O–H groups in total. The fourth-order valence-electron chi connectivity index (χ4n) is 2.66. The van der Waals surface area contributed by atoms with Gasteiger partial charge in [-0.1, -0.05) is 0 Å². The average Bonchev–Trinajstić information content (AvgIpc) is 2.54. The predicted octanol–water partition coefficient (Wildman–Crippen LogP) is 2.43. The molecular formula is C17H20N6O. The van der Waals surface area contributed by atoms with Crippen molar-refractivity contribution < 1.29 is 4.74 Å². The Morgan fingerprint density at radius 1 is 1.17 bits per heavy atom. The number of rotatable bonds is 4. The van der Waals surface area contributed by atoms with Crippen molar-refractivity contribution in [3.05, 3.63) is 41.1 Å². The van der Waals surface area contributed by atoms with Gasteiger partial charge in [0.25, 0.3) is 0 Å². The molecule has 0 aliphatic heterocycles. The quantitative estimate of drug-likeness (QED) is 0.675. The summed E-state index contributed by atoms with van der Waals surface area (Å²) in [6, 6.07) is 5.91. The zero-order valence-corrected chi connectivity index (χ0v) is 13.9. The molecule has 0 bridgehead atoms. The molecule has 7 nitrogen and oxygen atoms in total. The number of fused-ring (bicyclic) bond motifs is 1. The van der Waals surface area contributed by atoms with Crippen LogP contribution >= 0.6 is 0 Å². The Kier molecular flexibility index (Phi) is 4.07. The summed E-state index contributed by atoms with van der Waals surface area (Å²) < 4.78 is 5.23. The van der Waals surface area contributed by atoms with Gasteiger partial charge in [0, 0.05) is 18.4 Å². The minimum Gasteiger partial charge on any atom is -0.497 e. The van der Waals surface area contributed by atoms with Gasteiger partial charge in [-0.3, -0.25) is 0 Å². The molecule has 0 unspecified atom stereocenters. The molecular weight excluding hydrogens is 304 g/mol. The molecule has 2 aromatic heterocycles. The number of ether oxygens (including phenoxy) is 1. The summed E-state index contributed by atoms with van der Waals surface area (Å²) in [7, 11) is 1.66. The maximum Gasteiger partial charge on any atom is 0.224 e. The van der Waals surface area contributed by atoms with Crippen LogP contribution in [0, 0.1) is 13.8 Å². The van der Waals surface area contributed by atoms with E-state index in [0.29, 0.717) is 18.0 Å². The van der Waals surface area contributed by atoms with Crippen LogP contribution in [-0.4, -0.2) is 22.1 Å². The second-order valence-electron chi connectivity index (χ2n) is 5.61. The normalized spacial score (nSPS) is 10.8. The van der Waals surface area contributed by atoms with Crippen LogP contribution in [-0.2, 0) is 6.54 Å². The number of hydrogen-bond acceptors (Lipinski definition) is 7. The molecule has 0 spiro atoms. The number of nitrogens with one attached hydrogen (secondary N) is 1. The molecule has 0 amide bonds. The van der Waals surface area contributed by atoms with Gasteiger partial charge in [-0.05, 0) is 48.7 Å². The van der Waals surface area contributed by atoms with Crippen LogP contribution in [0.4, 0.5) is 17.5 Å². The van der Waals surface area contributed by atoms with Gasteiger partial charge in [-0.2, -0.15) is 9.97 Å². The second-order valence-corrected chi connectivity index (χ2v) is 5.61. The number of aromatic nitrogens is 3. The molecule has 124 valence electrons. The van der Waals surface area contributed by atoms with E-state index in [1.165, 1.54) is 0 Å². The molecule has 1 aromatic carbocycles. The van der Waals surface area contributed by atoms with Gasteiger partial charge in [0.2, 0.25) is 5.95 Å². The highest BCUT2D eigenvalue weighted by Gasteiger charge is 2.11. The van der Waals surface area contributed by atoms with Gasteiger partial charge < -0.3 is 21.5 Å². The lowest BCUT2D eigenvalue weighted by molar-refractivity contribution is 0.414. The van der Waals surface area contributed by atoms with Crippen molar-refractivity contribution in [2.75, 3.05) is 23.9 Å². The number of nitrogens with two attached hydrogens (primary N) is 2. The largest absolute Gasteiger partial charge is 0.497 e. The van der Waals surface area contributed by atoms with Crippen LogP contribution in [0.1, 0.15) is 16.7 Å². The lowest BCUT2D eigenvalue weighted by atomic mass is 10.1. The molecule has 0 atom stereocenters. The maximum atomic E-state index is 5.98. The molecule has 0 radical (unpaired) electrons. The van der Waals surface area contributed by atoms with Crippen molar-refractivity contribution in [2.45, 2.75) is 20.4 Å². The van der Waals surface area contributed by atoms with Gasteiger partial charge in [0.15, 0.2) is 5.65 Å². The van der Waals surface area contributed by atoms with E-state index < -0.39 is 0 Å². The Hall–Kier alpha value is -3.09. The van der Waals surface area contributed by atoms with Gasteiger partial charge in [-0.25, -0.2) is 4.98 Å². The zero-order chi connectivity index (χ0) is 17.3. The van der Waals surface area contributed by atoms with Crippen LogP contribution < -0.4 is 21.5 Å². The highest BCUT2D eigenvalue weighted by atomic mass is 16.5. The highest BCUT2D eigenvalue weighted by Crippen LogP contribution is 2.25. The third-order valence-electron chi connectivity index (χ3n) is 4.04. The van der Waals surface area contributed by atoms with Crippen molar-refractivity contribution in [1.82, 2.24) is 15.0 Å². The van der Waals surface area contributed by atoms with Crippen molar-refractivity contribution >= 4 is 28.5 Å². The number of anilines is 3. The first kappa shape index (κ1) is 15.8. The van der Waals surface area contributed by atoms with E-state index in [9.17, 15) is 0 Å². The van der Waals surface area contributed by atoms with Crippen LogP contribution in [0.5, 0.6) is 5.75 Å². The average molecular weight is 324 g/mol. The SMILES string of the molecule is COc1ccc(NCc2cnc3nc(N)nc(N)c3c2C)c(C)c1. The summed E-state index contributed by atoms with van der Waals surface area (Å²) in [5, 5.41) is 4.16. The number of methoxy groups -OCH3 is 1. The van der Waals surface area contributed by atoms with E-state index in [1.54, 1.807) is 13.3 Å². The van der Waals surface area contributed by atoms with Gasteiger partial charge in [0.1, 0.15) is 11.6 Å². The molecule has 0 fully saturated rings. The number of benzene rings is 1. The molecule has 0 saturated heterocycles. The summed E-state index contributed by atoms with van der Waals surface area (Å²) in [4.78, 5) is 12.5. The Labute approximate surface area is 140 Å². The Morgan fingerprint density at radius 3 is 2.67 bits per heavy atom. The Balaban J connectivity index is 1.89. The minimum atomic E-state index is 0.131. The fourth-order valence-corrected chi connectivity index (χ4v) is 2.66. The second kappa shape index (κ2) is 6.19. The maximum absolute atomic E-state index is 5.98. The first-order chi connectivity index (χ1) is 11.5. The smallest absolute Gasteiger partial charge is 0.224 e. The van der Waals surface area contributed by atoms with E-state index in [2.05, 4.69) is 20.3 Å². The summed E-state index contributed by atoms with van der Waals surface area (Å²) in [5.41, 5.74) is 16.3. The van der Waals surface area contributed by atoms with E-state index >= 15 is 0 Å². The Morgan fingerprint density at radius 2 is 1.96 bits per heavy atom. The third-order valence-corrected chi connectivity index (χ3v) is 4.04. The van der Waals surface area contributed by atoms with Gasteiger partial charge in [0.05, 0.1) is 12.5 Å². The molecule has 3 aromatic rings. The number of nitrogens with zero attached hydrogens (tertiary/aromatic N) is 3. The standard InChI is InChI=1S/C17H20N6O/c1-9-6-12(24-3)4-5-13(9)20-7-11-8-21-16-14(10(11)2)15(18)22-17(19)23-16/h4-6,8,20H,7H2,1-3H3,(H4,18,19,21,22,23). The lowest BCUT2D eigenvalue weighted by Crippen LogP contribution is -2.07. The topological polar surface area (TPSA) is 112 Å². The number of pyridine rings is 1. The van der Waals surface area contributed by atoms with Crippen LogP contribution in [0.15, 0.2) is 24.4 Å². The predicted molar refractivity (Wildman–Crippen MR) is 96.0 cm³/mol. The monoisotopic (exact) mass is 324 g/mol. The lowest BCUT2D eigenvalue weighted by Gasteiger charge is -2.14. The van der Waals surface area contributed by atoms with Crippen LogP contribution in [0.2, 0.25) is 0 Å². The van der Waals surface area contributed by atoms with Crippen molar-refractivity contribution in [3.63, 3.8) is 0 Å². The third kappa shape index (κ3) is 2.88. The fraction of sp³-hybridized carbons (Fsp3) is 0.235. The molecule has 0 saturated carbocycles. The highest BCUT2D eigenvalue weighted by molar-refractivity contribution is 5.90. The van der Waals surface area contributed by atoms with Gasteiger partial charge >= 0.3 is 0 Å².